The van der Waals surface area contributed by atoms with Gasteiger partial charge in [-0.1, -0.05) is 20.8 Å². The molecule has 3 N–H and O–H groups in total. The van der Waals surface area contributed by atoms with E-state index in [1.54, 1.807) is 0 Å². The largest absolute Gasteiger partial charge is 0.393 e. The van der Waals surface area contributed by atoms with Crippen LogP contribution in [-0.2, 0) is 6.54 Å². The number of nitrogens with zero attached hydrogens (tertiary/aromatic N) is 1. The molecule has 0 fully saturated rings. The minimum Gasteiger partial charge on any atom is -0.393 e. The third-order valence-electron chi connectivity index (χ3n) is 2.59. The van der Waals surface area contributed by atoms with Gasteiger partial charge in [0.25, 0.3) is 5.56 Å². The molecule has 0 bridgehead atoms. The van der Waals surface area contributed by atoms with Crippen LogP contribution in [0.1, 0.15) is 27.2 Å². The fourth-order valence-electron chi connectivity index (χ4n) is 1.22. The zero-order chi connectivity index (χ0) is 11.6. The van der Waals surface area contributed by atoms with Gasteiger partial charge in [0.1, 0.15) is 5.69 Å². The summed E-state index contributed by atoms with van der Waals surface area (Å²) >= 11 is 0. The van der Waals surface area contributed by atoms with Gasteiger partial charge in [0.05, 0.1) is 0 Å². The first-order valence-corrected chi connectivity index (χ1v) is 4.95. The molecule has 0 saturated carbocycles. The van der Waals surface area contributed by atoms with E-state index < -0.39 is 11.2 Å². The van der Waals surface area contributed by atoms with E-state index in [0.29, 0.717) is 6.54 Å². The zero-order valence-electron chi connectivity index (χ0n) is 9.33. The van der Waals surface area contributed by atoms with Gasteiger partial charge in [-0.3, -0.25) is 14.3 Å². The van der Waals surface area contributed by atoms with Gasteiger partial charge in [-0.15, -0.1) is 0 Å². The average molecular weight is 211 g/mol. The molecule has 5 nitrogen and oxygen atoms in total. The maximum Gasteiger partial charge on any atom is 0.328 e. The Kier molecular flexibility index (Phi) is 3.02. The Bertz CT molecular complexity index is 456. The molecule has 0 atom stereocenters. The molecule has 1 heterocycles. The van der Waals surface area contributed by atoms with E-state index in [4.69, 9.17) is 5.73 Å². The smallest absolute Gasteiger partial charge is 0.328 e. The van der Waals surface area contributed by atoms with Crippen molar-refractivity contribution < 1.29 is 0 Å². The number of H-pyrrole nitrogens is 1. The first-order valence-electron chi connectivity index (χ1n) is 4.95. The van der Waals surface area contributed by atoms with Crippen LogP contribution in [0.4, 0.5) is 5.69 Å². The van der Waals surface area contributed by atoms with Crippen molar-refractivity contribution in [3.63, 3.8) is 0 Å². The number of nitrogens with one attached hydrogen (secondary N) is 1. The number of hydrogen-bond donors (Lipinski definition) is 2. The van der Waals surface area contributed by atoms with Gasteiger partial charge in [0.2, 0.25) is 0 Å². The van der Waals surface area contributed by atoms with E-state index >= 15 is 0 Å². The molecule has 1 rings (SSSR count). The third-order valence-corrected chi connectivity index (χ3v) is 2.59. The van der Waals surface area contributed by atoms with Crippen molar-refractivity contribution in [1.82, 2.24) is 9.55 Å². The molecule has 5 heteroatoms. The number of aromatic nitrogens is 2. The van der Waals surface area contributed by atoms with E-state index in [2.05, 4.69) is 25.8 Å². The first-order chi connectivity index (χ1) is 6.85. The van der Waals surface area contributed by atoms with Crippen LogP contribution in [0.25, 0.3) is 0 Å². The van der Waals surface area contributed by atoms with Gasteiger partial charge in [0, 0.05) is 12.7 Å². The molecular formula is C10H17N3O2. The number of nitrogen functional groups attached to an aromatic ring is 1. The maximum absolute atomic E-state index is 11.4. The third kappa shape index (κ3) is 2.71. The molecule has 1 aromatic rings. The van der Waals surface area contributed by atoms with E-state index in [-0.39, 0.29) is 11.1 Å². The van der Waals surface area contributed by atoms with Crippen molar-refractivity contribution >= 4 is 5.69 Å². The molecule has 0 amide bonds. The number of hydrogen-bond acceptors (Lipinski definition) is 3. The van der Waals surface area contributed by atoms with Gasteiger partial charge in [-0.25, -0.2) is 4.79 Å². The second kappa shape index (κ2) is 3.92. The van der Waals surface area contributed by atoms with Crippen LogP contribution in [0.5, 0.6) is 0 Å². The van der Waals surface area contributed by atoms with Crippen LogP contribution >= 0.6 is 0 Å². The average Bonchev–Trinajstić information content (AvgIpc) is 2.14. The quantitative estimate of drug-likeness (QED) is 0.766. The Morgan fingerprint density at radius 3 is 2.60 bits per heavy atom. The fraction of sp³-hybridized carbons (Fsp3) is 0.600. The Morgan fingerprint density at radius 2 is 2.07 bits per heavy atom. The Labute approximate surface area is 87.9 Å². The monoisotopic (exact) mass is 211 g/mol. The van der Waals surface area contributed by atoms with Gasteiger partial charge < -0.3 is 5.73 Å². The summed E-state index contributed by atoms with van der Waals surface area (Å²) in [4.78, 5) is 24.7. The highest BCUT2D eigenvalue weighted by Crippen LogP contribution is 2.21. The van der Waals surface area contributed by atoms with Gasteiger partial charge in [-0.2, -0.15) is 0 Å². The van der Waals surface area contributed by atoms with Crippen molar-refractivity contribution in [3.05, 3.63) is 27.0 Å². The van der Waals surface area contributed by atoms with E-state index in [9.17, 15) is 9.59 Å². The number of nitrogens with two attached hydrogens (primary N) is 1. The Hall–Kier alpha value is -1.52. The highest BCUT2D eigenvalue weighted by atomic mass is 16.2. The molecule has 0 aliphatic heterocycles. The molecule has 15 heavy (non-hydrogen) atoms. The Morgan fingerprint density at radius 1 is 1.47 bits per heavy atom. The van der Waals surface area contributed by atoms with Crippen LogP contribution in [-0.4, -0.2) is 9.55 Å². The van der Waals surface area contributed by atoms with E-state index in [1.807, 2.05) is 0 Å². The normalized spacial score (nSPS) is 11.7. The van der Waals surface area contributed by atoms with Crippen molar-refractivity contribution in [3.8, 4) is 0 Å². The van der Waals surface area contributed by atoms with Crippen LogP contribution in [0.2, 0.25) is 0 Å². The Balaban J connectivity index is 3.12. The maximum atomic E-state index is 11.4. The second-order valence-electron chi connectivity index (χ2n) is 4.49. The van der Waals surface area contributed by atoms with Crippen molar-refractivity contribution in [1.29, 1.82) is 0 Å². The second-order valence-corrected chi connectivity index (χ2v) is 4.49. The summed E-state index contributed by atoms with van der Waals surface area (Å²) in [7, 11) is 0. The van der Waals surface area contributed by atoms with Crippen LogP contribution in [0.3, 0.4) is 0 Å². The summed E-state index contributed by atoms with van der Waals surface area (Å²) in [5, 5.41) is 0. The lowest BCUT2D eigenvalue weighted by molar-refractivity contribution is 0.288. The molecule has 0 unspecified atom stereocenters. The molecule has 84 valence electrons. The van der Waals surface area contributed by atoms with Gasteiger partial charge >= 0.3 is 5.69 Å². The van der Waals surface area contributed by atoms with Crippen LogP contribution < -0.4 is 17.0 Å². The van der Waals surface area contributed by atoms with Crippen LogP contribution in [0.15, 0.2) is 15.8 Å². The summed E-state index contributed by atoms with van der Waals surface area (Å²) in [5.41, 5.74) is 4.60. The molecule has 0 aromatic carbocycles. The van der Waals surface area contributed by atoms with Crippen molar-refractivity contribution in [2.24, 2.45) is 5.41 Å². The summed E-state index contributed by atoms with van der Waals surface area (Å²) < 4.78 is 1.44. The summed E-state index contributed by atoms with van der Waals surface area (Å²) in [6.45, 7) is 6.71. The predicted molar refractivity (Wildman–Crippen MR) is 59.8 cm³/mol. The molecule has 0 aliphatic carbocycles. The van der Waals surface area contributed by atoms with E-state index in [1.165, 1.54) is 10.8 Å². The summed E-state index contributed by atoms with van der Waals surface area (Å²) in [5.74, 6) is 0. The fourth-order valence-corrected chi connectivity index (χ4v) is 1.22. The topological polar surface area (TPSA) is 80.9 Å². The van der Waals surface area contributed by atoms with E-state index in [0.717, 1.165) is 6.42 Å². The molecule has 0 radical (unpaired) electrons. The molecule has 0 aliphatic rings. The standard InChI is InChI=1S/C10H17N3O2/c1-4-10(2,3)6-13-5-7(11)8(14)12-9(13)15/h5H,4,6,11H2,1-3H3,(H,12,14,15). The SMILES string of the molecule is CCC(C)(C)Cn1cc(N)c(=O)[nH]c1=O. The van der Waals surface area contributed by atoms with Gasteiger partial charge in [-0.05, 0) is 11.8 Å². The van der Waals surface area contributed by atoms with Gasteiger partial charge in [0.15, 0.2) is 0 Å². The minimum absolute atomic E-state index is 0.00844. The number of rotatable bonds is 3. The molecule has 0 spiro atoms. The lowest BCUT2D eigenvalue weighted by atomic mass is 9.90. The highest BCUT2D eigenvalue weighted by Gasteiger charge is 2.16. The van der Waals surface area contributed by atoms with Crippen molar-refractivity contribution in [2.45, 2.75) is 33.7 Å². The zero-order valence-corrected chi connectivity index (χ0v) is 9.33. The minimum atomic E-state index is -0.523. The number of aromatic amines is 1. The summed E-state index contributed by atoms with van der Waals surface area (Å²) in [6, 6.07) is 0. The molecule has 1 aromatic heterocycles. The lowest BCUT2D eigenvalue weighted by Gasteiger charge is -2.23. The lowest BCUT2D eigenvalue weighted by Crippen LogP contribution is -2.34. The van der Waals surface area contributed by atoms with Crippen molar-refractivity contribution in [2.75, 3.05) is 5.73 Å². The molecular weight excluding hydrogens is 194 g/mol. The first kappa shape index (κ1) is 11.6. The predicted octanol–water partition coefficient (Wildman–Crippen LogP) is 0.555. The summed E-state index contributed by atoms with van der Waals surface area (Å²) in [6.07, 6.45) is 2.34. The van der Waals surface area contributed by atoms with Crippen LogP contribution in [0, 0.1) is 5.41 Å². The number of anilines is 1. The molecule has 0 saturated heterocycles. The highest BCUT2D eigenvalue weighted by molar-refractivity contribution is 5.30.